The third kappa shape index (κ3) is 2.89. The topological polar surface area (TPSA) is 12.9 Å². The molecule has 0 radical (unpaired) electrons. The van der Waals surface area contributed by atoms with Crippen LogP contribution < -0.4 is 0 Å². The maximum absolute atomic E-state index is 5.15. The lowest BCUT2D eigenvalue weighted by Gasteiger charge is -2.30. The van der Waals surface area contributed by atoms with E-state index in [0.717, 1.165) is 11.0 Å². The van der Waals surface area contributed by atoms with Gasteiger partial charge in [0.2, 0.25) is 0 Å². The average Bonchev–Trinajstić information content (AvgIpc) is 3.54. The van der Waals surface area contributed by atoms with E-state index in [-0.39, 0.29) is 5.41 Å². The first-order valence-corrected chi connectivity index (χ1v) is 15.0. The molecule has 198 valence electrons. The van der Waals surface area contributed by atoms with Gasteiger partial charge < -0.3 is 0 Å². The molecular weight excluding hydrogens is 518 g/mol. The Hall–Kier alpha value is -5.53. The van der Waals surface area contributed by atoms with E-state index >= 15 is 0 Å². The Kier molecular flexibility index (Phi) is 4.44. The highest BCUT2D eigenvalue weighted by molar-refractivity contribution is 6.15. The minimum absolute atomic E-state index is 0.351. The van der Waals surface area contributed by atoms with E-state index in [1.165, 1.54) is 77.2 Å². The lowest BCUT2D eigenvalue weighted by Crippen LogP contribution is -2.25. The van der Waals surface area contributed by atoms with E-state index in [4.69, 9.17) is 4.98 Å². The molecule has 0 amide bonds. The monoisotopic (exact) mass is 543 g/mol. The summed E-state index contributed by atoms with van der Waals surface area (Å²) in [5, 5.41) is 4.86. The molecule has 0 fully saturated rings. The zero-order valence-electron chi connectivity index (χ0n) is 23.4. The molecular formula is C42H25N. The second-order valence-electron chi connectivity index (χ2n) is 11.9. The molecule has 10 rings (SSSR count). The fraction of sp³-hybridized carbons (Fsp3) is 0.0238. The predicted octanol–water partition coefficient (Wildman–Crippen LogP) is 10.6. The van der Waals surface area contributed by atoms with Crippen molar-refractivity contribution in [3.63, 3.8) is 0 Å². The molecule has 0 N–H and O–H groups in total. The molecule has 7 aromatic carbocycles. The third-order valence-corrected chi connectivity index (χ3v) is 9.85. The number of benzene rings is 7. The number of fused-ring (bicyclic) bond motifs is 14. The van der Waals surface area contributed by atoms with Crippen molar-refractivity contribution in [2.75, 3.05) is 0 Å². The van der Waals surface area contributed by atoms with Crippen LogP contribution in [0.1, 0.15) is 22.3 Å². The standard InChI is InChI=1S/C42H25N/c1-10-20-40-27(11-1)23-35-29-13-3-2-12-28(29)34(25-41(35)43-40)26-21-22-33-32-16-6-9-19-38(32)42(39(33)24-26)36-17-7-4-14-30(36)31-15-5-8-18-37(31)42/h1-25H. The maximum atomic E-state index is 5.15. The van der Waals surface area contributed by atoms with Gasteiger partial charge in [-0.05, 0) is 90.7 Å². The number of rotatable bonds is 1. The Bertz CT molecular complexity index is 2400. The molecule has 0 bridgehead atoms. The number of pyridine rings is 1. The second-order valence-corrected chi connectivity index (χ2v) is 11.9. The SMILES string of the molecule is c1ccc2c(c1)-c1ccccc1C21c2ccccc2-c2ccc(-c3cc4nc5ccccc5cc4c4ccccc34)cc21. The van der Waals surface area contributed by atoms with Crippen molar-refractivity contribution in [1.82, 2.24) is 4.98 Å². The van der Waals surface area contributed by atoms with Crippen LogP contribution in [0, 0.1) is 0 Å². The number of nitrogens with zero attached hydrogens (tertiary/aromatic N) is 1. The molecule has 8 aromatic rings. The fourth-order valence-electron chi connectivity index (χ4n) is 8.13. The summed E-state index contributed by atoms with van der Waals surface area (Å²) in [7, 11) is 0. The van der Waals surface area contributed by atoms with Crippen molar-refractivity contribution in [2.45, 2.75) is 5.41 Å². The minimum atomic E-state index is -0.351. The van der Waals surface area contributed by atoms with Crippen molar-refractivity contribution in [2.24, 2.45) is 0 Å². The van der Waals surface area contributed by atoms with Crippen LogP contribution in [-0.2, 0) is 5.41 Å². The third-order valence-electron chi connectivity index (χ3n) is 9.85. The van der Waals surface area contributed by atoms with Gasteiger partial charge in [0.15, 0.2) is 0 Å². The zero-order valence-corrected chi connectivity index (χ0v) is 23.4. The first-order chi connectivity index (χ1) is 21.3. The van der Waals surface area contributed by atoms with Crippen LogP contribution in [0.5, 0.6) is 0 Å². The minimum Gasteiger partial charge on any atom is -0.248 e. The maximum Gasteiger partial charge on any atom is 0.0725 e. The van der Waals surface area contributed by atoms with E-state index in [9.17, 15) is 0 Å². The van der Waals surface area contributed by atoms with Gasteiger partial charge in [-0.3, -0.25) is 0 Å². The molecule has 0 aliphatic heterocycles. The molecule has 0 saturated carbocycles. The van der Waals surface area contributed by atoms with Crippen molar-refractivity contribution >= 4 is 32.6 Å². The van der Waals surface area contributed by atoms with Crippen LogP contribution in [0.4, 0.5) is 0 Å². The van der Waals surface area contributed by atoms with Gasteiger partial charge in [-0.2, -0.15) is 0 Å². The Morgan fingerprint density at radius 2 is 0.907 bits per heavy atom. The first kappa shape index (κ1) is 23.1. The predicted molar refractivity (Wildman–Crippen MR) is 178 cm³/mol. The number of hydrogen-bond donors (Lipinski definition) is 0. The van der Waals surface area contributed by atoms with Crippen LogP contribution in [0.15, 0.2) is 152 Å². The lowest BCUT2D eigenvalue weighted by molar-refractivity contribution is 0.794. The number of para-hydroxylation sites is 1. The molecule has 1 spiro atoms. The van der Waals surface area contributed by atoms with Gasteiger partial charge >= 0.3 is 0 Å². The molecule has 0 atom stereocenters. The molecule has 2 aliphatic carbocycles. The molecule has 1 nitrogen and oxygen atoms in total. The van der Waals surface area contributed by atoms with Crippen LogP contribution in [-0.4, -0.2) is 4.98 Å². The molecule has 2 aliphatic rings. The molecule has 1 heterocycles. The number of aromatic nitrogens is 1. The summed E-state index contributed by atoms with van der Waals surface area (Å²) in [5.41, 5.74) is 14.9. The summed E-state index contributed by atoms with van der Waals surface area (Å²) in [5.74, 6) is 0. The first-order valence-electron chi connectivity index (χ1n) is 15.0. The van der Waals surface area contributed by atoms with E-state index in [1.807, 2.05) is 0 Å². The molecule has 1 aromatic heterocycles. The summed E-state index contributed by atoms with van der Waals surface area (Å²) in [6, 6.07) is 56.0. The van der Waals surface area contributed by atoms with Crippen molar-refractivity contribution in [3.8, 4) is 33.4 Å². The van der Waals surface area contributed by atoms with Gasteiger partial charge in [-0.15, -0.1) is 0 Å². The van der Waals surface area contributed by atoms with Gasteiger partial charge in [0.05, 0.1) is 16.4 Å². The average molecular weight is 544 g/mol. The van der Waals surface area contributed by atoms with Crippen LogP contribution in [0.2, 0.25) is 0 Å². The Balaban J connectivity index is 1.31. The Morgan fingerprint density at radius 1 is 0.349 bits per heavy atom. The normalized spacial score (nSPS) is 13.8. The lowest BCUT2D eigenvalue weighted by atomic mass is 9.70. The van der Waals surface area contributed by atoms with Crippen molar-refractivity contribution < 1.29 is 0 Å². The Morgan fingerprint density at radius 3 is 1.60 bits per heavy atom. The van der Waals surface area contributed by atoms with Gasteiger partial charge in [-0.1, -0.05) is 127 Å². The summed E-state index contributed by atoms with van der Waals surface area (Å²) < 4.78 is 0. The summed E-state index contributed by atoms with van der Waals surface area (Å²) in [6.45, 7) is 0. The van der Waals surface area contributed by atoms with Crippen LogP contribution in [0.25, 0.3) is 66.0 Å². The molecule has 0 unspecified atom stereocenters. The highest BCUT2D eigenvalue weighted by Crippen LogP contribution is 2.63. The van der Waals surface area contributed by atoms with E-state index in [2.05, 4.69) is 152 Å². The zero-order chi connectivity index (χ0) is 28.1. The second kappa shape index (κ2) is 8.27. The highest BCUT2D eigenvalue weighted by Gasteiger charge is 2.51. The van der Waals surface area contributed by atoms with Gasteiger partial charge in [-0.25, -0.2) is 4.98 Å². The molecule has 43 heavy (non-hydrogen) atoms. The van der Waals surface area contributed by atoms with E-state index in [0.29, 0.717) is 0 Å². The van der Waals surface area contributed by atoms with Crippen molar-refractivity contribution in [1.29, 1.82) is 0 Å². The van der Waals surface area contributed by atoms with E-state index < -0.39 is 0 Å². The largest absolute Gasteiger partial charge is 0.248 e. The van der Waals surface area contributed by atoms with Gasteiger partial charge in [0.25, 0.3) is 0 Å². The smallest absolute Gasteiger partial charge is 0.0725 e. The fourth-order valence-corrected chi connectivity index (χ4v) is 8.13. The summed E-state index contributed by atoms with van der Waals surface area (Å²) in [6.07, 6.45) is 0. The van der Waals surface area contributed by atoms with Crippen LogP contribution in [0.3, 0.4) is 0 Å². The Labute approximate surface area is 249 Å². The number of hydrogen-bond acceptors (Lipinski definition) is 1. The van der Waals surface area contributed by atoms with Crippen molar-refractivity contribution in [3.05, 3.63) is 174 Å². The summed E-state index contributed by atoms with van der Waals surface area (Å²) in [4.78, 5) is 5.15. The van der Waals surface area contributed by atoms with Crippen LogP contribution >= 0.6 is 0 Å². The molecule has 0 saturated heterocycles. The highest BCUT2D eigenvalue weighted by atomic mass is 14.7. The quantitative estimate of drug-likeness (QED) is 0.148. The summed E-state index contributed by atoms with van der Waals surface area (Å²) >= 11 is 0. The van der Waals surface area contributed by atoms with Gasteiger partial charge in [0, 0.05) is 10.8 Å². The molecule has 1 heteroatoms. The van der Waals surface area contributed by atoms with E-state index in [1.54, 1.807) is 0 Å². The van der Waals surface area contributed by atoms with Gasteiger partial charge in [0.1, 0.15) is 0 Å².